The van der Waals surface area contributed by atoms with Gasteiger partial charge in [-0.1, -0.05) is 13.8 Å². The summed E-state index contributed by atoms with van der Waals surface area (Å²) in [5.74, 6) is 1.88. The summed E-state index contributed by atoms with van der Waals surface area (Å²) in [6.07, 6.45) is 6.02. The zero-order valence-electron chi connectivity index (χ0n) is 10.9. The Morgan fingerprint density at radius 1 is 0.938 bits per heavy atom. The lowest BCUT2D eigenvalue weighted by Crippen LogP contribution is -2.65. The minimum absolute atomic E-state index is 0.832. The highest BCUT2D eigenvalue weighted by atomic mass is 15.3. The first-order valence-electron chi connectivity index (χ1n) is 7.20. The summed E-state index contributed by atoms with van der Waals surface area (Å²) in [6.45, 7) is 10.1. The van der Waals surface area contributed by atoms with Crippen LogP contribution in [0.25, 0.3) is 0 Å². The van der Waals surface area contributed by atoms with Crippen LogP contribution in [-0.4, -0.2) is 48.1 Å². The highest BCUT2D eigenvalue weighted by Gasteiger charge is 2.41. The Balaban J connectivity index is 1.49. The number of nitrogens with zero attached hydrogens (tertiary/aromatic N) is 2. The predicted octanol–water partition coefficient (Wildman–Crippen LogP) is 2.20. The maximum Gasteiger partial charge on any atom is 0.0353 e. The molecule has 3 saturated heterocycles. The number of likely N-dealkylation sites (tertiary alicyclic amines) is 1. The fourth-order valence-electron chi connectivity index (χ4n) is 3.97. The highest BCUT2D eigenvalue weighted by Crippen LogP contribution is 2.37. The summed E-state index contributed by atoms with van der Waals surface area (Å²) < 4.78 is 0. The smallest absolute Gasteiger partial charge is 0.0353 e. The fourth-order valence-corrected chi connectivity index (χ4v) is 3.97. The third kappa shape index (κ3) is 2.02. The molecule has 0 aromatic rings. The molecule has 0 aromatic carbocycles. The molecule has 0 aromatic heterocycles. The van der Waals surface area contributed by atoms with Crippen molar-refractivity contribution < 1.29 is 0 Å². The topological polar surface area (TPSA) is 6.48 Å². The summed E-state index contributed by atoms with van der Waals surface area (Å²) in [6, 6.07) is 1.86. The molecule has 4 fully saturated rings. The molecular formula is C14H26N2. The van der Waals surface area contributed by atoms with Gasteiger partial charge in [0.25, 0.3) is 0 Å². The van der Waals surface area contributed by atoms with E-state index in [9.17, 15) is 0 Å². The molecule has 4 aliphatic rings. The van der Waals surface area contributed by atoms with Gasteiger partial charge in [0, 0.05) is 38.3 Å². The van der Waals surface area contributed by atoms with Gasteiger partial charge in [-0.2, -0.15) is 0 Å². The Morgan fingerprint density at radius 2 is 1.62 bits per heavy atom. The summed E-state index contributed by atoms with van der Waals surface area (Å²) in [5, 5.41) is 0. The molecule has 0 amide bonds. The molecule has 16 heavy (non-hydrogen) atoms. The Labute approximate surface area is 100.0 Å². The number of rotatable bonds is 3. The van der Waals surface area contributed by atoms with Crippen molar-refractivity contribution in [2.75, 3.05) is 26.2 Å². The van der Waals surface area contributed by atoms with E-state index in [1.807, 2.05) is 0 Å². The molecule has 1 aliphatic carbocycles. The van der Waals surface area contributed by atoms with Crippen molar-refractivity contribution in [2.45, 2.75) is 51.6 Å². The minimum atomic E-state index is 0.832. The van der Waals surface area contributed by atoms with Gasteiger partial charge < -0.3 is 0 Å². The Bertz CT molecular complexity index is 237. The molecule has 1 saturated carbocycles. The van der Waals surface area contributed by atoms with Crippen LogP contribution in [0.1, 0.15) is 39.5 Å². The third-order valence-corrected chi connectivity index (χ3v) is 4.78. The van der Waals surface area contributed by atoms with Crippen LogP contribution in [0, 0.1) is 11.8 Å². The van der Waals surface area contributed by atoms with Crippen LogP contribution in [0.3, 0.4) is 0 Å². The fraction of sp³-hybridized carbons (Fsp3) is 1.00. The van der Waals surface area contributed by atoms with Gasteiger partial charge in [-0.25, -0.2) is 0 Å². The van der Waals surface area contributed by atoms with Gasteiger partial charge in [0.05, 0.1) is 0 Å². The minimum Gasteiger partial charge on any atom is -0.300 e. The molecule has 92 valence electrons. The first-order valence-corrected chi connectivity index (χ1v) is 7.20. The van der Waals surface area contributed by atoms with Gasteiger partial charge in [-0.15, -0.1) is 0 Å². The predicted molar refractivity (Wildman–Crippen MR) is 67.5 cm³/mol. The van der Waals surface area contributed by atoms with Crippen molar-refractivity contribution in [1.82, 2.24) is 9.80 Å². The van der Waals surface area contributed by atoms with Crippen LogP contribution < -0.4 is 0 Å². The average Bonchev–Trinajstić information content (AvgIpc) is 2.24. The maximum atomic E-state index is 2.86. The van der Waals surface area contributed by atoms with E-state index in [2.05, 4.69) is 23.6 Å². The average molecular weight is 222 g/mol. The molecule has 0 spiro atoms. The second kappa shape index (κ2) is 4.30. The molecular weight excluding hydrogens is 196 g/mol. The van der Waals surface area contributed by atoms with Gasteiger partial charge in [0.2, 0.25) is 0 Å². The Morgan fingerprint density at radius 3 is 2.12 bits per heavy atom. The molecule has 2 nitrogen and oxygen atoms in total. The molecule has 0 atom stereocenters. The van der Waals surface area contributed by atoms with Crippen LogP contribution in [0.2, 0.25) is 0 Å². The summed E-state index contributed by atoms with van der Waals surface area (Å²) in [7, 11) is 0. The zero-order chi connectivity index (χ0) is 11.1. The number of piperidine rings is 2. The monoisotopic (exact) mass is 222 g/mol. The van der Waals surface area contributed by atoms with Crippen molar-refractivity contribution in [1.29, 1.82) is 0 Å². The quantitative estimate of drug-likeness (QED) is 0.722. The van der Waals surface area contributed by atoms with E-state index in [1.54, 1.807) is 0 Å². The third-order valence-electron chi connectivity index (χ3n) is 4.78. The first kappa shape index (κ1) is 11.0. The lowest BCUT2D eigenvalue weighted by Gasteiger charge is -2.54. The van der Waals surface area contributed by atoms with Crippen LogP contribution in [0.15, 0.2) is 0 Å². The van der Waals surface area contributed by atoms with Gasteiger partial charge in [0.15, 0.2) is 0 Å². The standard InChI is InChI=1S/C14H26N2/c1-11(2)7-15-9-14(10-15)16-8-12-3-5-13(16)6-4-12/h11-14H,3-10H2,1-2H3. The summed E-state index contributed by atoms with van der Waals surface area (Å²) >= 11 is 0. The van der Waals surface area contributed by atoms with E-state index < -0.39 is 0 Å². The molecule has 2 bridgehead atoms. The molecule has 0 unspecified atom stereocenters. The molecule has 0 N–H and O–H groups in total. The van der Waals surface area contributed by atoms with Gasteiger partial charge >= 0.3 is 0 Å². The van der Waals surface area contributed by atoms with E-state index >= 15 is 0 Å². The molecule has 2 heteroatoms. The number of hydrogen-bond acceptors (Lipinski definition) is 2. The molecule has 3 heterocycles. The summed E-state index contributed by atoms with van der Waals surface area (Å²) in [5.41, 5.74) is 0. The number of fused-ring (bicyclic) bond motifs is 3. The van der Waals surface area contributed by atoms with Crippen molar-refractivity contribution >= 4 is 0 Å². The second-order valence-corrected chi connectivity index (χ2v) is 6.64. The Kier molecular flexibility index (Phi) is 2.97. The first-order chi connectivity index (χ1) is 7.72. The summed E-state index contributed by atoms with van der Waals surface area (Å²) in [4.78, 5) is 5.49. The van der Waals surface area contributed by atoms with E-state index in [4.69, 9.17) is 0 Å². The molecule has 3 aliphatic heterocycles. The largest absolute Gasteiger partial charge is 0.300 e. The normalized spacial score (nSPS) is 36.9. The van der Waals surface area contributed by atoms with E-state index in [0.717, 1.165) is 23.9 Å². The lowest BCUT2D eigenvalue weighted by molar-refractivity contribution is -0.0508. The van der Waals surface area contributed by atoms with Crippen molar-refractivity contribution in [3.8, 4) is 0 Å². The molecule has 4 rings (SSSR count). The van der Waals surface area contributed by atoms with Gasteiger partial charge in [-0.3, -0.25) is 9.80 Å². The van der Waals surface area contributed by atoms with Crippen molar-refractivity contribution in [3.05, 3.63) is 0 Å². The van der Waals surface area contributed by atoms with Gasteiger partial charge in [-0.05, 0) is 37.5 Å². The van der Waals surface area contributed by atoms with Crippen LogP contribution in [0.4, 0.5) is 0 Å². The zero-order valence-corrected chi connectivity index (χ0v) is 10.9. The van der Waals surface area contributed by atoms with E-state index in [-0.39, 0.29) is 0 Å². The highest BCUT2D eigenvalue weighted by molar-refractivity contribution is 4.97. The van der Waals surface area contributed by atoms with E-state index in [1.165, 1.54) is 51.9 Å². The molecule has 0 radical (unpaired) electrons. The lowest BCUT2D eigenvalue weighted by atomic mass is 9.78. The second-order valence-electron chi connectivity index (χ2n) is 6.64. The van der Waals surface area contributed by atoms with Crippen molar-refractivity contribution in [2.24, 2.45) is 11.8 Å². The Hall–Kier alpha value is -0.0800. The van der Waals surface area contributed by atoms with Crippen molar-refractivity contribution in [3.63, 3.8) is 0 Å². The van der Waals surface area contributed by atoms with Crippen LogP contribution in [0.5, 0.6) is 0 Å². The van der Waals surface area contributed by atoms with E-state index in [0.29, 0.717) is 0 Å². The SMILES string of the molecule is CC(C)CN1CC(N2CC3CCC2CC3)C1. The van der Waals surface area contributed by atoms with Crippen LogP contribution >= 0.6 is 0 Å². The number of hydrogen-bond donors (Lipinski definition) is 0. The maximum absolute atomic E-state index is 2.86. The van der Waals surface area contributed by atoms with Gasteiger partial charge in [0.1, 0.15) is 0 Å². The van der Waals surface area contributed by atoms with Crippen LogP contribution in [-0.2, 0) is 0 Å².